The Morgan fingerprint density at radius 3 is 2.64 bits per heavy atom. The van der Waals surface area contributed by atoms with Gasteiger partial charge in [0.05, 0.1) is 6.54 Å². The molecule has 11 heavy (non-hydrogen) atoms. The summed E-state index contributed by atoms with van der Waals surface area (Å²) in [7, 11) is 1.67. The highest BCUT2D eigenvalue weighted by atomic mass is 16.4. The van der Waals surface area contributed by atoms with Crippen molar-refractivity contribution in [3.8, 4) is 0 Å². The third-order valence-electron chi connectivity index (χ3n) is 1.64. The summed E-state index contributed by atoms with van der Waals surface area (Å²) < 4.78 is 0. The molecule has 66 valence electrons. The summed E-state index contributed by atoms with van der Waals surface area (Å²) in [5.74, 6) is -0.767. The number of hydrogen-bond donors (Lipinski definition) is 3. The van der Waals surface area contributed by atoms with Crippen molar-refractivity contribution in [1.82, 2.24) is 5.32 Å². The molecule has 0 saturated heterocycles. The molecule has 0 aromatic rings. The van der Waals surface area contributed by atoms with Crippen LogP contribution >= 0.6 is 0 Å². The Morgan fingerprint density at radius 1 is 1.64 bits per heavy atom. The summed E-state index contributed by atoms with van der Waals surface area (Å²) in [4.78, 5) is 10.4. The van der Waals surface area contributed by atoms with Crippen LogP contribution in [0, 0.1) is 0 Å². The second-order valence-corrected chi connectivity index (χ2v) is 2.53. The van der Waals surface area contributed by atoms with Gasteiger partial charge in [-0.05, 0) is 26.3 Å². The van der Waals surface area contributed by atoms with Crippen LogP contribution in [0.25, 0.3) is 0 Å². The van der Waals surface area contributed by atoms with Crippen LogP contribution in [0.15, 0.2) is 0 Å². The zero-order chi connectivity index (χ0) is 8.69. The zero-order valence-corrected chi connectivity index (χ0v) is 6.97. The number of unbranched alkanes of at least 4 members (excludes halogenated alkanes) is 1. The van der Waals surface area contributed by atoms with Crippen LogP contribution in [0.4, 0.5) is 0 Å². The summed E-state index contributed by atoms with van der Waals surface area (Å²) in [5, 5.41) is 11.3. The van der Waals surface area contributed by atoms with Crippen LogP contribution in [0.3, 0.4) is 0 Å². The maximum atomic E-state index is 10.4. The second-order valence-electron chi connectivity index (χ2n) is 2.53. The Balaban J connectivity index is 3.44. The van der Waals surface area contributed by atoms with Crippen molar-refractivity contribution in [2.24, 2.45) is 0 Å². The molecule has 0 aliphatic carbocycles. The first-order valence-electron chi connectivity index (χ1n) is 3.91. The van der Waals surface area contributed by atoms with E-state index in [1.807, 2.05) is 0 Å². The van der Waals surface area contributed by atoms with E-state index in [4.69, 9.17) is 5.11 Å². The topological polar surface area (TPSA) is 77.0 Å². The summed E-state index contributed by atoms with van der Waals surface area (Å²) in [5.41, 5.74) is 3.69. The van der Waals surface area contributed by atoms with E-state index in [1.54, 1.807) is 7.05 Å². The van der Waals surface area contributed by atoms with E-state index >= 15 is 0 Å². The first-order chi connectivity index (χ1) is 5.22. The highest BCUT2D eigenvalue weighted by Crippen LogP contribution is 1.98. The minimum atomic E-state index is -0.767. The lowest BCUT2D eigenvalue weighted by atomic mass is 10.1. The first kappa shape index (κ1) is 10.4. The molecular formula is C7H17N2O2+. The number of likely N-dealkylation sites (N-methyl/N-ethyl adjacent to an activating group) is 1. The predicted octanol–water partition coefficient (Wildman–Crippen LogP) is -0.929. The first-order valence-corrected chi connectivity index (χ1v) is 3.91. The largest absolute Gasteiger partial charge is 0.480 e. The molecular weight excluding hydrogens is 144 g/mol. The van der Waals surface area contributed by atoms with Gasteiger partial charge in [-0.1, -0.05) is 0 Å². The Morgan fingerprint density at radius 2 is 2.27 bits per heavy atom. The molecule has 1 atom stereocenters. The minimum Gasteiger partial charge on any atom is -0.480 e. The molecule has 0 aliphatic heterocycles. The lowest BCUT2D eigenvalue weighted by molar-refractivity contribution is -0.368. The van der Waals surface area contributed by atoms with Crippen LogP contribution in [-0.4, -0.2) is 30.7 Å². The van der Waals surface area contributed by atoms with Gasteiger partial charge in [-0.3, -0.25) is 4.79 Å². The van der Waals surface area contributed by atoms with Crippen LogP contribution in [0.5, 0.6) is 0 Å². The third-order valence-corrected chi connectivity index (χ3v) is 1.64. The van der Waals surface area contributed by atoms with E-state index in [0.29, 0.717) is 6.42 Å². The van der Waals surface area contributed by atoms with Crippen LogP contribution < -0.4 is 11.1 Å². The normalized spacial score (nSPS) is 12.9. The van der Waals surface area contributed by atoms with Gasteiger partial charge in [0.1, 0.15) is 6.04 Å². The number of carbonyl (C=O) groups is 1. The van der Waals surface area contributed by atoms with Crippen molar-refractivity contribution in [1.29, 1.82) is 0 Å². The number of aliphatic carboxylic acids is 1. The van der Waals surface area contributed by atoms with E-state index in [1.165, 1.54) is 0 Å². The lowest BCUT2D eigenvalue weighted by Gasteiger charge is -2.09. The zero-order valence-electron chi connectivity index (χ0n) is 6.97. The number of hydrogen-bond acceptors (Lipinski definition) is 2. The molecule has 0 fully saturated rings. The fraction of sp³-hybridized carbons (Fsp3) is 0.857. The molecule has 0 aromatic carbocycles. The van der Waals surface area contributed by atoms with Gasteiger partial charge in [-0.2, -0.15) is 0 Å². The maximum absolute atomic E-state index is 10.4. The number of quaternary nitrogens is 1. The SMILES string of the molecule is CNC(CCCC[NH3+])C(=O)O. The summed E-state index contributed by atoms with van der Waals surface area (Å²) in [6.07, 6.45) is 2.63. The van der Waals surface area contributed by atoms with Crippen molar-refractivity contribution in [2.75, 3.05) is 13.6 Å². The smallest absolute Gasteiger partial charge is 0.320 e. The molecule has 4 nitrogen and oxygen atoms in total. The van der Waals surface area contributed by atoms with Crippen LogP contribution in [0.1, 0.15) is 19.3 Å². The highest BCUT2D eigenvalue weighted by Gasteiger charge is 2.12. The molecule has 0 radical (unpaired) electrons. The lowest BCUT2D eigenvalue weighted by Crippen LogP contribution is -2.50. The molecule has 0 spiro atoms. The fourth-order valence-electron chi connectivity index (χ4n) is 0.917. The Kier molecular flexibility index (Phi) is 5.78. The average molecular weight is 161 g/mol. The number of rotatable bonds is 6. The molecule has 0 amide bonds. The van der Waals surface area contributed by atoms with Crippen LogP contribution in [0.2, 0.25) is 0 Å². The molecule has 5 N–H and O–H groups in total. The average Bonchev–Trinajstić information content (AvgIpc) is 1.97. The standard InChI is InChI=1S/C7H16N2O2/c1-9-6(7(10)11)4-2-3-5-8/h6,9H,2-5,8H2,1H3,(H,10,11)/p+1. The quantitative estimate of drug-likeness (QED) is 0.440. The molecule has 4 heteroatoms. The predicted molar refractivity (Wildman–Crippen MR) is 42.1 cm³/mol. The number of carboxylic acid groups (broad SMARTS) is 1. The molecule has 0 saturated carbocycles. The second kappa shape index (κ2) is 6.12. The Labute approximate surface area is 66.8 Å². The molecule has 1 unspecified atom stereocenters. The molecule has 0 bridgehead atoms. The van der Waals surface area contributed by atoms with Crippen molar-refractivity contribution in [3.05, 3.63) is 0 Å². The summed E-state index contributed by atoms with van der Waals surface area (Å²) >= 11 is 0. The Hall–Kier alpha value is -0.610. The van der Waals surface area contributed by atoms with Gasteiger partial charge in [-0.15, -0.1) is 0 Å². The van der Waals surface area contributed by atoms with E-state index < -0.39 is 5.97 Å². The molecule has 0 heterocycles. The van der Waals surface area contributed by atoms with Gasteiger partial charge in [0.25, 0.3) is 0 Å². The molecule has 0 aromatic heterocycles. The Bertz CT molecular complexity index is 117. The van der Waals surface area contributed by atoms with Crippen molar-refractivity contribution in [3.63, 3.8) is 0 Å². The van der Waals surface area contributed by atoms with E-state index in [-0.39, 0.29) is 6.04 Å². The van der Waals surface area contributed by atoms with E-state index in [9.17, 15) is 4.79 Å². The van der Waals surface area contributed by atoms with Gasteiger partial charge in [0.2, 0.25) is 0 Å². The van der Waals surface area contributed by atoms with Gasteiger partial charge in [-0.25, -0.2) is 0 Å². The molecule has 0 rings (SSSR count). The van der Waals surface area contributed by atoms with Gasteiger partial charge >= 0.3 is 5.97 Å². The van der Waals surface area contributed by atoms with Crippen molar-refractivity contribution >= 4 is 5.97 Å². The maximum Gasteiger partial charge on any atom is 0.320 e. The summed E-state index contributed by atoms with van der Waals surface area (Å²) in [6, 6.07) is -0.387. The number of nitrogens with one attached hydrogen (secondary N) is 1. The fourth-order valence-corrected chi connectivity index (χ4v) is 0.917. The van der Waals surface area contributed by atoms with Gasteiger partial charge in [0.15, 0.2) is 0 Å². The number of carboxylic acids is 1. The van der Waals surface area contributed by atoms with Crippen molar-refractivity contribution in [2.45, 2.75) is 25.3 Å². The minimum absolute atomic E-state index is 0.387. The van der Waals surface area contributed by atoms with Crippen molar-refractivity contribution < 1.29 is 15.6 Å². The van der Waals surface area contributed by atoms with E-state index in [0.717, 1.165) is 19.4 Å². The summed E-state index contributed by atoms with van der Waals surface area (Å²) in [6.45, 7) is 0.885. The van der Waals surface area contributed by atoms with Gasteiger partial charge < -0.3 is 16.2 Å². The van der Waals surface area contributed by atoms with Crippen LogP contribution in [-0.2, 0) is 4.79 Å². The third kappa shape index (κ3) is 4.75. The van der Waals surface area contributed by atoms with E-state index in [2.05, 4.69) is 11.1 Å². The highest BCUT2D eigenvalue weighted by molar-refractivity contribution is 5.73. The van der Waals surface area contributed by atoms with Gasteiger partial charge in [0, 0.05) is 0 Å². The monoisotopic (exact) mass is 161 g/mol. The molecule has 0 aliphatic rings.